The molecule has 1 saturated heterocycles. The molecule has 2 aromatic rings. The summed E-state index contributed by atoms with van der Waals surface area (Å²) in [6, 6.07) is 5.16. The molecule has 2 fully saturated rings. The third-order valence-corrected chi connectivity index (χ3v) is 4.94. The lowest BCUT2D eigenvalue weighted by Crippen LogP contribution is -2.41. The van der Waals surface area contributed by atoms with E-state index in [2.05, 4.69) is 19.9 Å². The van der Waals surface area contributed by atoms with Gasteiger partial charge in [-0.25, -0.2) is 15.0 Å². The Kier molecular flexibility index (Phi) is 4.20. The Hall–Kier alpha value is -2.38. The molecule has 5 nitrogen and oxygen atoms in total. The van der Waals surface area contributed by atoms with Crippen molar-refractivity contribution in [2.24, 2.45) is 0 Å². The fourth-order valence-corrected chi connectivity index (χ4v) is 3.58. The highest BCUT2D eigenvalue weighted by molar-refractivity contribution is 5.49. The molecule has 0 aromatic carbocycles. The Bertz CT molecular complexity index is 790. The second kappa shape index (κ2) is 6.41. The first kappa shape index (κ1) is 17.1. The van der Waals surface area contributed by atoms with Crippen molar-refractivity contribution in [2.75, 3.05) is 22.9 Å². The highest BCUT2D eigenvalue weighted by Gasteiger charge is 2.40. The molecule has 0 bridgehead atoms. The van der Waals surface area contributed by atoms with Crippen LogP contribution in [0.15, 0.2) is 30.6 Å². The van der Waals surface area contributed by atoms with Crippen LogP contribution < -0.4 is 9.80 Å². The number of aryl methyl sites for hydroxylation is 1. The standard InChI is InChI=1S/C18H20F3N5/c1-12-3-2-8-22-16(12)25-10-7-14(11-25)26(13-4-5-13)17-23-9-6-15(24-17)18(19,20)21/h2-3,6,8-9,13-14H,4-5,7,10-11H2,1H3. The van der Waals surface area contributed by atoms with Crippen LogP contribution in [0.25, 0.3) is 0 Å². The summed E-state index contributed by atoms with van der Waals surface area (Å²) in [6.07, 6.45) is 1.31. The molecule has 4 rings (SSSR count). The van der Waals surface area contributed by atoms with Crippen LogP contribution in [0, 0.1) is 6.92 Å². The molecule has 0 radical (unpaired) electrons. The third-order valence-electron chi connectivity index (χ3n) is 4.94. The van der Waals surface area contributed by atoms with Gasteiger partial charge in [0.2, 0.25) is 5.95 Å². The van der Waals surface area contributed by atoms with Crippen LogP contribution in [-0.2, 0) is 6.18 Å². The van der Waals surface area contributed by atoms with Gasteiger partial charge < -0.3 is 9.80 Å². The number of anilines is 2. The van der Waals surface area contributed by atoms with Crippen molar-refractivity contribution < 1.29 is 13.2 Å². The number of pyridine rings is 1. The maximum absolute atomic E-state index is 13.0. The van der Waals surface area contributed by atoms with E-state index < -0.39 is 11.9 Å². The van der Waals surface area contributed by atoms with E-state index in [0.29, 0.717) is 6.54 Å². The summed E-state index contributed by atoms with van der Waals surface area (Å²) in [5.74, 6) is 1.13. The Morgan fingerprint density at radius 3 is 2.58 bits per heavy atom. The summed E-state index contributed by atoms with van der Waals surface area (Å²) < 4.78 is 39.1. The molecule has 1 atom stereocenters. The van der Waals surface area contributed by atoms with Crippen molar-refractivity contribution >= 4 is 11.8 Å². The lowest BCUT2D eigenvalue weighted by atomic mass is 10.2. The summed E-state index contributed by atoms with van der Waals surface area (Å²) in [5.41, 5.74) is 0.213. The molecular formula is C18H20F3N5. The van der Waals surface area contributed by atoms with E-state index in [1.54, 1.807) is 6.20 Å². The minimum absolute atomic E-state index is 0.0902. The molecule has 1 saturated carbocycles. The summed E-state index contributed by atoms with van der Waals surface area (Å²) in [7, 11) is 0. The molecule has 1 aliphatic carbocycles. The zero-order valence-corrected chi connectivity index (χ0v) is 14.4. The minimum atomic E-state index is -4.46. The molecule has 1 aliphatic heterocycles. The summed E-state index contributed by atoms with van der Waals surface area (Å²) >= 11 is 0. The van der Waals surface area contributed by atoms with Gasteiger partial charge in [-0.15, -0.1) is 0 Å². The monoisotopic (exact) mass is 363 g/mol. The number of rotatable bonds is 4. The topological polar surface area (TPSA) is 45.2 Å². The SMILES string of the molecule is Cc1cccnc1N1CCC(N(c2nccc(C(F)(F)F)n2)C2CC2)C1. The van der Waals surface area contributed by atoms with Gasteiger partial charge in [-0.05, 0) is 43.9 Å². The summed E-state index contributed by atoms with van der Waals surface area (Å²) in [4.78, 5) is 16.6. The van der Waals surface area contributed by atoms with Crippen molar-refractivity contribution in [1.29, 1.82) is 0 Å². The molecule has 8 heteroatoms. The van der Waals surface area contributed by atoms with Gasteiger partial charge in [-0.2, -0.15) is 13.2 Å². The highest BCUT2D eigenvalue weighted by Crippen LogP contribution is 2.36. The van der Waals surface area contributed by atoms with Crippen LogP contribution in [0.1, 0.15) is 30.5 Å². The Balaban J connectivity index is 1.58. The van der Waals surface area contributed by atoms with Crippen molar-refractivity contribution in [3.8, 4) is 0 Å². The molecular weight excluding hydrogens is 343 g/mol. The van der Waals surface area contributed by atoms with Gasteiger partial charge in [0.15, 0.2) is 0 Å². The molecule has 1 unspecified atom stereocenters. The molecule has 0 spiro atoms. The maximum Gasteiger partial charge on any atom is 0.433 e. The lowest BCUT2D eigenvalue weighted by molar-refractivity contribution is -0.141. The molecule has 26 heavy (non-hydrogen) atoms. The number of halogens is 3. The minimum Gasteiger partial charge on any atom is -0.354 e. The van der Waals surface area contributed by atoms with Crippen LogP contribution in [-0.4, -0.2) is 40.1 Å². The number of aromatic nitrogens is 3. The number of hydrogen-bond acceptors (Lipinski definition) is 5. The zero-order valence-electron chi connectivity index (χ0n) is 14.4. The first-order valence-electron chi connectivity index (χ1n) is 8.78. The van der Waals surface area contributed by atoms with Gasteiger partial charge in [0.25, 0.3) is 0 Å². The number of hydrogen-bond donors (Lipinski definition) is 0. The molecule has 138 valence electrons. The Morgan fingerprint density at radius 2 is 1.88 bits per heavy atom. The van der Waals surface area contributed by atoms with Gasteiger partial charge in [0, 0.05) is 31.5 Å². The van der Waals surface area contributed by atoms with Gasteiger partial charge in [-0.3, -0.25) is 0 Å². The van der Waals surface area contributed by atoms with Gasteiger partial charge in [-0.1, -0.05) is 6.07 Å². The van der Waals surface area contributed by atoms with Gasteiger partial charge >= 0.3 is 6.18 Å². The summed E-state index contributed by atoms with van der Waals surface area (Å²) in [5, 5.41) is 0. The van der Waals surface area contributed by atoms with E-state index >= 15 is 0 Å². The smallest absolute Gasteiger partial charge is 0.354 e. The Morgan fingerprint density at radius 1 is 1.08 bits per heavy atom. The molecule has 0 N–H and O–H groups in total. The van der Waals surface area contributed by atoms with Crippen molar-refractivity contribution in [3.63, 3.8) is 0 Å². The van der Waals surface area contributed by atoms with E-state index in [0.717, 1.165) is 43.3 Å². The van der Waals surface area contributed by atoms with E-state index in [1.165, 1.54) is 6.20 Å². The molecule has 0 amide bonds. The van der Waals surface area contributed by atoms with Gasteiger partial charge in [0.1, 0.15) is 11.5 Å². The lowest BCUT2D eigenvalue weighted by Gasteiger charge is -2.30. The molecule has 2 aromatic heterocycles. The van der Waals surface area contributed by atoms with Crippen LogP contribution in [0.5, 0.6) is 0 Å². The normalized spacial score (nSPS) is 20.5. The van der Waals surface area contributed by atoms with Crippen LogP contribution in [0.3, 0.4) is 0 Å². The maximum atomic E-state index is 13.0. The highest BCUT2D eigenvalue weighted by atomic mass is 19.4. The van der Waals surface area contributed by atoms with Crippen LogP contribution in [0.2, 0.25) is 0 Å². The van der Waals surface area contributed by atoms with E-state index in [1.807, 2.05) is 24.0 Å². The largest absolute Gasteiger partial charge is 0.433 e. The van der Waals surface area contributed by atoms with Crippen molar-refractivity contribution in [2.45, 2.75) is 44.4 Å². The summed E-state index contributed by atoms with van der Waals surface area (Å²) in [6.45, 7) is 3.56. The quantitative estimate of drug-likeness (QED) is 0.833. The predicted octanol–water partition coefficient (Wildman–Crippen LogP) is 3.45. The number of alkyl halides is 3. The average Bonchev–Trinajstić information content (AvgIpc) is 3.32. The van der Waals surface area contributed by atoms with E-state index in [9.17, 15) is 13.2 Å². The van der Waals surface area contributed by atoms with Crippen molar-refractivity contribution in [1.82, 2.24) is 15.0 Å². The third kappa shape index (κ3) is 3.32. The fourth-order valence-electron chi connectivity index (χ4n) is 3.58. The Labute approximate surface area is 149 Å². The molecule has 2 aliphatic rings. The zero-order chi connectivity index (χ0) is 18.3. The number of nitrogens with zero attached hydrogens (tertiary/aromatic N) is 5. The first-order chi connectivity index (χ1) is 12.4. The van der Waals surface area contributed by atoms with Crippen LogP contribution >= 0.6 is 0 Å². The van der Waals surface area contributed by atoms with Crippen LogP contribution in [0.4, 0.5) is 24.9 Å². The second-order valence-electron chi connectivity index (χ2n) is 6.91. The van der Waals surface area contributed by atoms with Gasteiger partial charge in [0.05, 0.1) is 6.04 Å². The van der Waals surface area contributed by atoms with E-state index in [4.69, 9.17) is 0 Å². The van der Waals surface area contributed by atoms with E-state index in [-0.39, 0.29) is 18.0 Å². The van der Waals surface area contributed by atoms with Crippen molar-refractivity contribution in [3.05, 3.63) is 41.9 Å². The molecule has 3 heterocycles. The second-order valence-corrected chi connectivity index (χ2v) is 6.91. The first-order valence-corrected chi connectivity index (χ1v) is 8.78. The average molecular weight is 363 g/mol. The predicted molar refractivity (Wildman–Crippen MR) is 92.1 cm³/mol. The fraction of sp³-hybridized carbons (Fsp3) is 0.500.